The third-order valence-corrected chi connectivity index (χ3v) is 6.22. The van der Waals surface area contributed by atoms with Gasteiger partial charge in [-0.1, -0.05) is 24.3 Å². The third kappa shape index (κ3) is 5.83. The molecule has 33 heavy (non-hydrogen) atoms. The third-order valence-electron chi connectivity index (χ3n) is 6.22. The molecule has 6 nitrogen and oxygen atoms in total. The van der Waals surface area contributed by atoms with E-state index in [-0.39, 0.29) is 11.9 Å². The Labute approximate surface area is 195 Å². The molecule has 1 aliphatic rings. The van der Waals surface area contributed by atoms with E-state index in [1.807, 2.05) is 0 Å². The van der Waals surface area contributed by atoms with Gasteiger partial charge in [-0.25, -0.2) is 0 Å². The number of nitrogens with zero attached hydrogens (tertiary/aromatic N) is 1. The maximum Gasteiger partial charge on any atom is 0.251 e. The highest BCUT2D eigenvalue weighted by Gasteiger charge is 2.22. The predicted octanol–water partition coefficient (Wildman–Crippen LogP) is 4.40. The summed E-state index contributed by atoms with van der Waals surface area (Å²) in [7, 11) is 4.89. The molecule has 0 radical (unpaired) electrons. The second-order valence-electron chi connectivity index (χ2n) is 8.57. The van der Waals surface area contributed by atoms with Gasteiger partial charge in [-0.2, -0.15) is 0 Å². The van der Waals surface area contributed by atoms with Gasteiger partial charge in [0.2, 0.25) is 0 Å². The molecule has 1 heterocycles. The van der Waals surface area contributed by atoms with Crippen LogP contribution < -0.4 is 14.8 Å². The number of nitrogens with one attached hydrogen (secondary N) is 1. The van der Waals surface area contributed by atoms with Gasteiger partial charge in [0.1, 0.15) is 11.5 Å². The number of methoxy groups -OCH3 is 3. The zero-order valence-corrected chi connectivity index (χ0v) is 19.6. The van der Waals surface area contributed by atoms with Crippen LogP contribution in [0.3, 0.4) is 0 Å². The molecule has 3 aromatic carbocycles. The van der Waals surface area contributed by atoms with Crippen molar-refractivity contribution in [3.63, 3.8) is 0 Å². The van der Waals surface area contributed by atoms with Crippen molar-refractivity contribution >= 4 is 16.7 Å². The largest absolute Gasteiger partial charge is 0.497 e. The van der Waals surface area contributed by atoms with Gasteiger partial charge in [-0.3, -0.25) is 9.69 Å². The number of ether oxygens (including phenoxy) is 3. The number of hydrogen-bond acceptors (Lipinski definition) is 5. The zero-order valence-electron chi connectivity index (χ0n) is 19.6. The number of piperidine rings is 1. The van der Waals surface area contributed by atoms with Crippen LogP contribution in [-0.2, 0) is 17.9 Å². The van der Waals surface area contributed by atoms with E-state index in [4.69, 9.17) is 14.2 Å². The molecule has 1 aliphatic heterocycles. The maximum absolute atomic E-state index is 12.8. The fourth-order valence-electron chi connectivity index (χ4n) is 4.40. The lowest BCUT2D eigenvalue weighted by Gasteiger charge is -2.32. The summed E-state index contributed by atoms with van der Waals surface area (Å²) in [5.74, 6) is 1.13. The number of amides is 1. The molecule has 0 bridgehead atoms. The van der Waals surface area contributed by atoms with E-state index in [0.29, 0.717) is 23.7 Å². The van der Waals surface area contributed by atoms with Crippen molar-refractivity contribution in [2.45, 2.75) is 32.0 Å². The zero-order chi connectivity index (χ0) is 23.2. The van der Waals surface area contributed by atoms with Crippen LogP contribution in [0.15, 0.2) is 54.6 Å². The highest BCUT2D eigenvalue weighted by molar-refractivity contribution is 5.95. The van der Waals surface area contributed by atoms with Crippen LogP contribution in [0, 0.1) is 0 Å². The van der Waals surface area contributed by atoms with Gasteiger partial charge in [0.25, 0.3) is 5.91 Å². The minimum Gasteiger partial charge on any atom is -0.497 e. The molecule has 1 fully saturated rings. The Kier molecular flexibility index (Phi) is 7.47. The second kappa shape index (κ2) is 10.7. The fraction of sp³-hybridized carbons (Fsp3) is 0.370. The monoisotopic (exact) mass is 448 g/mol. The van der Waals surface area contributed by atoms with Gasteiger partial charge in [-0.05, 0) is 59.0 Å². The van der Waals surface area contributed by atoms with Crippen LogP contribution in [-0.4, -0.2) is 51.3 Å². The number of carbonyl (C=O) groups is 1. The van der Waals surface area contributed by atoms with Crippen molar-refractivity contribution in [3.8, 4) is 11.5 Å². The van der Waals surface area contributed by atoms with Crippen molar-refractivity contribution in [2.75, 3.05) is 34.4 Å². The van der Waals surface area contributed by atoms with Crippen LogP contribution >= 0.6 is 0 Å². The summed E-state index contributed by atoms with van der Waals surface area (Å²) in [6.07, 6.45) is 1.86. The van der Waals surface area contributed by atoms with E-state index in [2.05, 4.69) is 46.6 Å². The molecule has 0 unspecified atom stereocenters. The SMILES string of the molecule is COCc1ccc2ccc(CN3CCC(NC(=O)c4cc(OC)cc(OC)c4)CC3)cc2c1. The van der Waals surface area contributed by atoms with Crippen molar-refractivity contribution in [1.82, 2.24) is 10.2 Å². The smallest absolute Gasteiger partial charge is 0.251 e. The molecule has 6 heteroatoms. The minimum absolute atomic E-state index is 0.0907. The van der Waals surface area contributed by atoms with E-state index in [1.54, 1.807) is 39.5 Å². The molecule has 174 valence electrons. The van der Waals surface area contributed by atoms with Crippen LogP contribution in [0.5, 0.6) is 11.5 Å². The Morgan fingerprint density at radius 3 is 2.15 bits per heavy atom. The van der Waals surface area contributed by atoms with E-state index >= 15 is 0 Å². The van der Waals surface area contributed by atoms with Gasteiger partial charge in [0.05, 0.1) is 20.8 Å². The lowest BCUT2D eigenvalue weighted by atomic mass is 10.0. The molecule has 4 rings (SSSR count). The Morgan fingerprint density at radius 1 is 0.879 bits per heavy atom. The highest BCUT2D eigenvalue weighted by Crippen LogP contribution is 2.24. The normalized spacial score (nSPS) is 14.9. The quantitative estimate of drug-likeness (QED) is 0.554. The topological polar surface area (TPSA) is 60.0 Å². The summed E-state index contributed by atoms with van der Waals surface area (Å²) in [4.78, 5) is 15.2. The molecular weight excluding hydrogens is 416 g/mol. The highest BCUT2D eigenvalue weighted by atomic mass is 16.5. The molecule has 0 aromatic heterocycles. The molecule has 1 N–H and O–H groups in total. The van der Waals surface area contributed by atoms with E-state index in [9.17, 15) is 4.79 Å². The van der Waals surface area contributed by atoms with Crippen molar-refractivity contribution in [3.05, 3.63) is 71.3 Å². The van der Waals surface area contributed by atoms with Gasteiger partial charge >= 0.3 is 0 Å². The number of rotatable bonds is 8. The van der Waals surface area contributed by atoms with Crippen molar-refractivity contribution < 1.29 is 19.0 Å². The Bertz CT molecular complexity index is 1080. The maximum atomic E-state index is 12.8. The first-order valence-corrected chi connectivity index (χ1v) is 11.3. The molecule has 0 atom stereocenters. The van der Waals surface area contributed by atoms with Gasteiger partial charge in [0.15, 0.2) is 0 Å². The minimum atomic E-state index is -0.0907. The molecular formula is C27H32N2O4. The van der Waals surface area contributed by atoms with Crippen LogP contribution in [0.25, 0.3) is 10.8 Å². The average molecular weight is 449 g/mol. The Morgan fingerprint density at radius 2 is 1.52 bits per heavy atom. The molecule has 0 aliphatic carbocycles. The van der Waals surface area contributed by atoms with Crippen LogP contribution in [0.1, 0.15) is 34.3 Å². The number of benzene rings is 3. The first-order valence-electron chi connectivity index (χ1n) is 11.3. The predicted molar refractivity (Wildman–Crippen MR) is 130 cm³/mol. The lowest BCUT2D eigenvalue weighted by molar-refractivity contribution is 0.0908. The molecule has 1 amide bonds. The van der Waals surface area contributed by atoms with E-state index in [0.717, 1.165) is 32.5 Å². The Hall–Kier alpha value is -3.09. The van der Waals surface area contributed by atoms with E-state index in [1.165, 1.54) is 21.9 Å². The standard InChI is InChI=1S/C27H32N2O4/c1-31-18-20-5-7-21-6-4-19(12-22(21)13-20)17-29-10-8-24(9-11-29)28-27(30)23-14-25(32-2)16-26(15-23)33-3/h4-7,12-16,24H,8-11,17-18H2,1-3H3,(H,28,30). The number of likely N-dealkylation sites (tertiary alicyclic amines) is 1. The average Bonchev–Trinajstić information content (AvgIpc) is 2.84. The number of hydrogen-bond donors (Lipinski definition) is 1. The summed E-state index contributed by atoms with van der Waals surface area (Å²) in [5, 5.41) is 5.67. The fourth-order valence-corrected chi connectivity index (χ4v) is 4.40. The first-order chi connectivity index (χ1) is 16.1. The van der Waals surface area contributed by atoms with Crippen LogP contribution in [0.2, 0.25) is 0 Å². The summed E-state index contributed by atoms with van der Waals surface area (Å²) in [5.41, 5.74) is 3.05. The molecule has 3 aromatic rings. The summed E-state index contributed by atoms with van der Waals surface area (Å²) >= 11 is 0. The van der Waals surface area contributed by atoms with Crippen molar-refractivity contribution in [2.24, 2.45) is 0 Å². The summed E-state index contributed by atoms with van der Waals surface area (Å²) in [6, 6.07) is 18.6. The number of fused-ring (bicyclic) bond motifs is 1. The van der Waals surface area contributed by atoms with Crippen molar-refractivity contribution in [1.29, 1.82) is 0 Å². The van der Waals surface area contributed by atoms with Gasteiger partial charge < -0.3 is 19.5 Å². The van der Waals surface area contributed by atoms with Gasteiger partial charge in [-0.15, -0.1) is 0 Å². The van der Waals surface area contributed by atoms with E-state index < -0.39 is 0 Å². The first kappa shape index (κ1) is 23.1. The second-order valence-corrected chi connectivity index (χ2v) is 8.57. The molecule has 1 saturated heterocycles. The lowest BCUT2D eigenvalue weighted by Crippen LogP contribution is -2.44. The molecule has 0 saturated carbocycles. The van der Waals surface area contributed by atoms with Gasteiger partial charge in [0, 0.05) is 44.4 Å². The Balaban J connectivity index is 1.33. The summed E-state index contributed by atoms with van der Waals surface area (Å²) < 4.78 is 15.8. The number of carbonyl (C=O) groups excluding carboxylic acids is 1. The molecule has 0 spiro atoms. The summed E-state index contributed by atoms with van der Waals surface area (Å²) in [6.45, 7) is 3.45. The van der Waals surface area contributed by atoms with Crippen LogP contribution in [0.4, 0.5) is 0 Å².